The van der Waals surface area contributed by atoms with Crippen LogP contribution in [0.5, 0.6) is 0 Å². The number of esters is 1. The quantitative estimate of drug-likeness (QED) is 0.420. The van der Waals surface area contributed by atoms with Crippen LogP contribution >= 0.6 is 23.1 Å². The fraction of sp³-hybridized carbons (Fsp3) is 0.364. The Hall–Kier alpha value is -2.65. The molecule has 1 aliphatic carbocycles. The first-order valence-corrected chi connectivity index (χ1v) is 12.0. The molecule has 9 heteroatoms. The number of nitrogens with one attached hydrogen (secondary N) is 1. The summed E-state index contributed by atoms with van der Waals surface area (Å²) in [5.41, 5.74) is 3.68. The van der Waals surface area contributed by atoms with E-state index in [9.17, 15) is 9.59 Å². The summed E-state index contributed by atoms with van der Waals surface area (Å²) in [6.07, 6.45) is 2.82. The predicted molar refractivity (Wildman–Crippen MR) is 122 cm³/mol. The van der Waals surface area contributed by atoms with Gasteiger partial charge in [0.25, 0.3) is 0 Å². The summed E-state index contributed by atoms with van der Waals surface area (Å²) < 4.78 is 7.16. The second-order valence-corrected chi connectivity index (χ2v) is 9.37. The average Bonchev–Trinajstić information content (AvgIpc) is 3.42. The first-order chi connectivity index (χ1) is 15.0. The average molecular weight is 457 g/mol. The lowest BCUT2D eigenvalue weighted by Gasteiger charge is -2.10. The Labute approximate surface area is 189 Å². The van der Waals surface area contributed by atoms with Gasteiger partial charge in [0.15, 0.2) is 5.16 Å². The minimum atomic E-state index is -0.361. The van der Waals surface area contributed by atoms with Crippen LogP contribution in [-0.2, 0) is 22.4 Å². The topological polar surface area (TPSA) is 86.1 Å². The molecule has 7 nitrogen and oxygen atoms in total. The van der Waals surface area contributed by atoms with Gasteiger partial charge in [0.05, 0.1) is 17.9 Å². The maximum atomic E-state index is 12.7. The fourth-order valence-corrected chi connectivity index (χ4v) is 5.72. The molecule has 0 radical (unpaired) electrons. The van der Waals surface area contributed by atoms with Crippen molar-refractivity contribution in [1.29, 1.82) is 0 Å². The molecule has 2 heterocycles. The maximum absolute atomic E-state index is 12.7. The standard InChI is InChI=1S/C22H24N4O3S2/c1-4-29-21(28)19-16-6-5-7-17(16)31-20(19)23-18(27)12-30-22-25-24-14(3)26(22)15-10-8-13(2)9-11-15/h8-11H,4-7,12H2,1-3H3,(H,23,27). The van der Waals surface area contributed by atoms with Gasteiger partial charge in [-0.05, 0) is 57.7 Å². The van der Waals surface area contributed by atoms with Gasteiger partial charge in [-0.1, -0.05) is 29.5 Å². The van der Waals surface area contributed by atoms with E-state index in [0.717, 1.165) is 36.3 Å². The summed E-state index contributed by atoms with van der Waals surface area (Å²) in [7, 11) is 0. The molecule has 0 saturated carbocycles. The monoisotopic (exact) mass is 456 g/mol. The Balaban J connectivity index is 1.48. The van der Waals surface area contributed by atoms with E-state index < -0.39 is 0 Å². The number of fused-ring (bicyclic) bond motifs is 1. The van der Waals surface area contributed by atoms with Gasteiger partial charge in [-0.3, -0.25) is 9.36 Å². The predicted octanol–water partition coefficient (Wildman–Crippen LogP) is 4.34. The van der Waals surface area contributed by atoms with Crippen LogP contribution in [0.4, 0.5) is 5.00 Å². The number of hydrogen-bond acceptors (Lipinski definition) is 7. The van der Waals surface area contributed by atoms with Gasteiger partial charge < -0.3 is 10.1 Å². The zero-order chi connectivity index (χ0) is 22.0. The van der Waals surface area contributed by atoms with Crippen molar-refractivity contribution >= 4 is 40.0 Å². The molecule has 1 amide bonds. The lowest BCUT2D eigenvalue weighted by molar-refractivity contribution is -0.113. The minimum Gasteiger partial charge on any atom is -0.462 e. The highest BCUT2D eigenvalue weighted by Crippen LogP contribution is 2.39. The van der Waals surface area contributed by atoms with E-state index in [2.05, 4.69) is 15.5 Å². The van der Waals surface area contributed by atoms with Crippen LogP contribution in [0.3, 0.4) is 0 Å². The third kappa shape index (κ3) is 4.52. The lowest BCUT2D eigenvalue weighted by Crippen LogP contribution is -2.17. The van der Waals surface area contributed by atoms with Gasteiger partial charge in [0, 0.05) is 10.6 Å². The minimum absolute atomic E-state index is 0.162. The van der Waals surface area contributed by atoms with E-state index >= 15 is 0 Å². The molecule has 1 aromatic carbocycles. The van der Waals surface area contributed by atoms with Crippen molar-refractivity contribution in [3.63, 3.8) is 0 Å². The molecule has 4 rings (SSSR count). The third-order valence-electron chi connectivity index (χ3n) is 5.07. The van der Waals surface area contributed by atoms with E-state index in [4.69, 9.17) is 4.74 Å². The van der Waals surface area contributed by atoms with E-state index in [0.29, 0.717) is 22.3 Å². The molecular formula is C22H24N4O3S2. The Morgan fingerprint density at radius 3 is 2.71 bits per heavy atom. The number of anilines is 1. The molecule has 1 N–H and O–H groups in total. The summed E-state index contributed by atoms with van der Waals surface area (Å²) in [4.78, 5) is 26.4. The van der Waals surface area contributed by atoms with Gasteiger partial charge in [-0.15, -0.1) is 21.5 Å². The third-order valence-corrected chi connectivity index (χ3v) is 7.21. The maximum Gasteiger partial charge on any atom is 0.341 e. The van der Waals surface area contributed by atoms with Crippen LogP contribution < -0.4 is 5.32 Å². The molecular weight excluding hydrogens is 432 g/mol. The molecule has 31 heavy (non-hydrogen) atoms. The van der Waals surface area contributed by atoms with Gasteiger partial charge in [-0.25, -0.2) is 4.79 Å². The van der Waals surface area contributed by atoms with Crippen molar-refractivity contribution in [2.24, 2.45) is 0 Å². The van der Waals surface area contributed by atoms with Crippen molar-refractivity contribution in [2.45, 2.75) is 45.2 Å². The molecule has 0 fully saturated rings. The number of aryl methyl sites for hydroxylation is 3. The molecule has 0 spiro atoms. The van der Waals surface area contributed by atoms with Crippen molar-refractivity contribution in [2.75, 3.05) is 17.7 Å². The zero-order valence-corrected chi connectivity index (χ0v) is 19.4. The number of ether oxygens (including phenoxy) is 1. The second kappa shape index (κ2) is 9.23. The van der Waals surface area contributed by atoms with Crippen LogP contribution in [-0.4, -0.2) is 39.0 Å². The van der Waals surface area contributed by atoms with Crippen LogP contribution in [0.25, 0.3) is 5.69 Å². The highest BCUT2D eigenvalue weighted by molar-refractivity contribution is 7.99. The Bertz CT molecular complexity index is 1120. The first kappa shape index (κ1) is 21.6. The summed E-state index contributed by atoms with van der Waals surface area (Å²) in [5, 5.41) is 12.6. The number of amides is 1. The van der Waals surface area contributed by atoms with E-state index in [1.165, 1.54) is 33.5 Å². The number of carbonyl (C=O) groups is 2. The number of aromatic nitrogens is 3. The number of carbonyl (C=O) groups excluding carboxylic acids is 2. The number of hydrogen-bond donors (Lipinski definition) is 1. The van der Waals surface area contributed by atoms with Crippen molar-refractivity contribution in [3.05, 3.63) is 51.7 Å². The first-order valence-electron chi connectivity index (χ1n) is 10.2. The molecule has 3 aromatic rings. The SMILES string of the molecule is CCOC(=O)c1c(NC(=O)CSc2nnc(C)n2-c2ccc(C)cc2)sc2c1CCC2. The van der Waals surface area contributed by atoms with E-state index in [-0.39, 0.29) is 17.6 Å². The lowest BCUT2D eigenvalue weighted by atomic mass is 10.1. The smallest absolute Gasteiger partial charge is 0.341 e. The van der Waals surface area contributed by atoms with Gasteiger partial charge in [-0.2, -0.15) is 0 Å². The number of rotatable bonds is 7. The molecule has 0 atom stereocenters. The largest absolute Gasteiger partial charge is 0.462 e. The number of thioether (sulfide) groups is 1. The summed E-state index contributed by atoms with van der Waals surface area (Å²) in [6, 6.07) is 8.08. The van der Waals surface area contributed by atoms with Crippen LogP contribution in [0, 0.1) is 13.8 Å². The van der Waals surface area contributed by atoms with Crippen LogP contribution in [0.2, 0.25) is 0 Å². The second-order valence-electron chi connectivity index (χ2n) is 7.32. The molecule has 0 unspecified atom stereocenters. The van der Waals surface area contributed by atoms with E-state index in [1.807, 2.05) is 42.7 Å². The van der Waals surface area contributed by atoms with E-state index in [1.54, 1.807) is 6.92 Å². The Morgan fingerprint density at radius 1 is 1.19 bits per heavy atom. The summed E-state index contributed by atoms with van der Waals surface area (Å²) >= 11 is 2.80. The van der Waals surface area contributed by atoms with Crippen LogP contribution in [0.1, 0.15) is 45.5 Å². The van der Waals surface area contributed by atoms with Gasteiger partial charge >= 0.3 is 5.97 Å². The van der Waals surface area contributed by atoms with Crippen molar-refractivity contribution < 1.29 is 14.3 Å². The molecule has 0 saturated heterocycles. The Morgan fingerprint density at radius 2 is 1.97 bits per heavy atom. The number of thiophene rings is 1. The van der Waals surface area contributed by atoms with Crippen LogP contribution in [0.15, 0.2) is 29.4 Å². The summed E-state index contributed by atoms with van der Waals surface area (Å²) in [6.45, 7) is 6.01. The number of benzene rings is 1. The zero-order valence-electron chi connectivity index (χ0n) is 17.7. The fourth-order valence-electron chi connectivity index (χ4n) is 3.63. The molecule has 162 valence electrons. The Kier molecular flexibility index (Phi) is 6.43. The van der Waals surface area contributed by atoms with Gasteiger partial charge in [0.2, 0.25) is 5.91 Å². The van der Waals surface area contributed by atoms with Crippen molar-refractivity contribution in [1.82, 2.24) is 14.8 Å². The highest BCUT2D eigenvalue weighted by atomic mass is 32.2. The summed E-state index contributed by atoms with van der Waals surface area (Å²) in [5.74, 6) is 0.367. The molecule has 0 aliphatic heterocycles. The normalized spacial score (nSPS) is 12.6. The molecule has 1 aliphatic rings. The molecule has 2 aromatic heterocycles. The van der Waals surface area contributed by atoms with Crippen molar-refractivity contribution in [3.8, 4) is 5.69 Å². The number of nitrogens with zero attached hydrogens (tertiary/aromatic N) is 3. The van der Waals surface area contributed by atoms with Gasteiger partial charge in [0.1, 0.15) is 10.8 Å². The highest BCUT2D eigenvalue weighted by Gasteiger charge is 2.28. The molecule has 0 bridgehead atoms.